The second kappa shape index (κ2) is 10.2. The second-order valence-electron chi connectivity index (χ2n) is 10.2. The molecule has 2 aliphatic rings. The van der Waals surface area contributed by atoms with Crippen LogP contribution in [0.2, 0.25) is 0 Å². The molecule has 4 N–H and O–H groups in total. The van der Waals surface area contributed by atoms with Gasteiger partial charge in [0.1, 0.15) is 6.04 Å². The van der Waals surface area contributed by atoms with Crippen molar-refractivity contribution in [3.63, 3.8) is 0 Å². The van der Waals surface area contributed by atoms with E-state index in [9.17, 15) is 19.2 Å². The normalized spacial score (nSPS) is 19.6. The fourth-order valence-electron chi connectivity index (χ4n) is 6.10. The Kier molecular flexibility index (Phi) is 6.84. The highest BCUT2D eigenvalue weighted by molar-refractivity contribution is 6.04. The summed E-state index contributed by atoms with van der Waals surface area (Å²) in [6, 6.07) is 15.8. The summed E-state index contributed by atoms with van der Waals surface area (Å²) in [6.07, 6.45) is 1.39. The van der Waals surface area contributed by atoms with Gasteiger partial charge in [-0.15, -0.1) is 0 Å². The highest BCUT2D eigenvalue weighted by Gasteiger charge is 2.46. The molecule has 5 rings (SSSR count). The molecule has 2 fully saturated rings. The molecular weight excluding hydrogens is 482 g/mol. The van der Waals surface area contributed by atoms with E-state index in [2.05, 4.69) is 10.6 Å². The van der Waals surface area contributed by atoms with E-state index in [1.54, 1.807) is 19.1 Å². The molecule has 0 radical (unpaired) electrons. The molecule has 3 atom stereocenters. The molecule has 2 aliphatic heterocycles. The van der Waals surface area contributed by atoms with Gasteiger partial charge in [0.25, 0.3) is 5.91 Å². The van der Waals surface area contributed by atoms with Gasteiger partial charge in [0.05, 0.1) is 5.52 Å². The van der Waals surface area contributed by atoms with Crippen LogP contribution in [-0.4, -0.2) is 52.8 Å². The second-order valence-corrected chi connectivity index (χ2v) is 10.2. The number of likely N-dealkylation sites (tertiary alicyclic amines) is 1. The summed E-state index contributed by atoms with van der Waals surface area (Å²) >= 11 is 0. The summed E-state index contributed by atoms with van der Waals surface area (Å²) in [5.41, 5.74) is 9.47. The van der Waals surface area contributed by atoms with Gasteiger partial charge >= 0.3 is 6.03 Å². The molecule has 0 saturated carbocycles. The number of aryl methyl sites for hydroxylation is 1. The minimum atomic E-state index is -0.760. The largest absolute Gasteiger partial charge is 0.366 e. The van der Waals surface area contributed by atoms with E-state index in [1.807, 2.05) is 54.3 Å². The number of imide groups is 1. The number of urea groups is 1. The lowest BCUT2D eigenvalue weighted by Crippen LogP contribution is -2.48. The monoisotopic (exact) mass is 513 g/mol. The Hall–Kier alpha value is -4.27. The first kappa shape index (κ1) is 25.4. The number of amides is 5. The summed E-state index contributed by atoms with van der Waals surface area (Å²) < 4.78 is 0. The zero-order valence-corrected chi connectivity index (χ0v) is 21.4. The molecule has 0 aliphatic carbocycles. The number of nitrogens with two attached hydrogens (primary N) is 1. The van der Waals surface area contributed by atoms with Gasteiger partial charge in [0.15, 0.2) is 0 Å². The predicted molar refractivity (Wildman–Crippen MR) is 142 cm³/mol. The van der Waals surface area contributed by atoms with E-state index in [4.69, 9.17) is 10.7 Å². The number of nitrogens with one attached hydrogen (secondary N) is 2. The number of fused-ring (bicyclic) bond motifs is 1. The van der Waals surface area contributed by atoms with Crippen molar-refractivity contribution in [3.8, 4) is 0 Å². The number of pyridine rings is 1. The topological polar surface area (TPSA) is 134 Å². The van der Waals surface area contributed by atoms with Crippen molar-refractivity contribution in [3.05, 3.63) is 77.0 Å². The van der Waals surface area contributed by atoms with Gasteiger partial charge in [-0.3, -0.25) is 24.7 Å². The van der Waals surface area contributed by atoms with Crippen molar-refractivity contribution in [2.24, 2.45) is 17.6 Å². The Bertz CT molecular complexity index is 1410. The zero-order chi connectivity index (χ0) is 27.0. The Balaban J connectivity index is 1.70. The Morgan fingerprint density at radius 3 is 2.34 bits per heavy atom. The van der Waals surface area contributed by atoms with Crippen molar-refractivity contribution in [2.45, 2.75) is 38.6 Å². The molecule has 3 heterocycles. The number of hydrogen-bond donors (Lipinski definition) is 3. The average Bonchev–Trinajstić information content (AvgIpc) is 3.24. The Morgan fingerprint density at radius 1 is 1.05 bits per heavy atom. The van der Waals surface area contributed by atoms with Gasteiger partial charge in [-0.05, 0) is 61.1 Å². The molecule has 5 amide bonds. The van der Waals surface area contributed by atoms with Crippen LogP contribution in [0.4, 0.5) is 4.79 Å². The van der Waals surface area contributed by atoms with Gasteiger partial charge in [-0.25, -0.2) is 4.79 Å². The predicted octanol–water partition coefficient (Wildman–Crippen LogP) is 2.86. The van der Waals surface area contributed by atoms with E-state index in [1.165, 1.54) is 0 Å². The van der Waals surface area contributed by atoms with Crippen LogP contribution in [0.3, 0.4) is 0 Å². The van der Waals surface area contributed by atoms with Crippen LogP contribution in [0.1, 0.15) is 52.9 Å². The van der Waals surface area contributed by atoms with Crippen LogP contribution in [0.15, 0.2) is 54.6 Å². The van der Waals surface area contributed by atoms with E-state index in [0.29, 0.717) is 31.5 Å². The number of piperidine rings is 1. The first-order valence-electron chi connectivity index (χ1n) is 12.9. The minimum Gasteiger partial charge on any atom is -0.366 e. The summed E-state index contributed by atoms with van der Waals surface area (Å²) in [6.45, 7) is 4.68. The minimum absolute atomic E-state index is 0.0289. The van der Waals surface area contributed by atoms with Crippen LogP contribution < -0.4 is 16.4 Å². The Labute approximate surface area is 220 Å². The fraction of sp³-hybridized carbons (Fsp3) is 0.345. The van der Waals surface area contributed by atoms with Crippen molar-refractivity contribution in [2.75, 3.05) is 13.1 Å². The Morgan fingerprint density at radius 2 is 1.74 bits per heavy atom. The van der Waals surface area contributed by atoms with E-state index >= 15 is 0 Å². The number of rotatable bonds is 6. The number of benzene rings is 2. The van der Waals surface area contributed by atoms with Gasteiger partial charge < -0.3 is 16.0 Å². The van der Waals surface area contributed by atoms with Gasteiger partial charge in [0.2, 0.25) is 11.8 Å². The maximum absolute atomic E-state index is 13.1. The van der Waals surface area contributed by atoms with Crippen LogP contribution in [0.5, 0.6) is 0 Å². The van der Waals surface area contributed by atoms with E-state index in [-0.39, 0.29) is 29.6 Å². The average molecular weight is 514 g/mol. The number of carbonyl (C=O) groups is 4. The lowest BCUT2D eigenvalue weighted by molar-refractivity contribution is -0.131. The van der Waals surface area contributed by atoms with E-state index < -0.39 is 18.0 Å². The number of carbonyl (C=O) groups excluding carboxylic acids is 4. The van der Waals surface area contributed by atoms with E-state index in [0.717, 1.165) is 27.7 Å². The molecule has 3 aromatic rings. The first-order chi connectivity index (χ1) is 18.2. The number of aromatic nitrogens is 1. The van der Waals surface area contributed by atoms with Crippen molar-refractivity contribution in [1.29, 1.82) is 0 Å². The smallest absolute Gasteiger partial charge is 0.322 e. The third-order valence-corrected chi connectivity index (χ3v) is 7.87. The van der Waals surface area contributed by atoms with Gasteiger partial charge in [-0.1, -0.05) is 30.3 Å². The molecular formula is C29H31N5O4. The van der Waals surface area contributed by atoms with Crippen LogP contribution in [0.25, 0.3) is 10.9 Å². The third-order valence-electron chi connectivity index (χ3n) is 7.87. The van der Waals surface area contributed by atoms with Gasteiger partial charge in [-0.2, -0.15) is 0 Å². The molecule has 2 aromatic carbocycles. The lowest BCUT2D eigenvalue weighted by atomic mass is 9.67. The molecule has 1 aromatic heterocycles. The van der Waals surface area contributed by atoms with Crippen molar-refractivity contribution in [1.82, 2.24) is 20.5 Å². The van der Waals surface area contributed by atoms with Crippen LogP contribution in [-0.2, 0) is 9.59 Å². The van der Waals surface area contributed by atoms with Crippen LogP contribution in [0, 0.1) is 18.8 Å². The standard InChI is InChI=1S/C29H31N5O4/c1-16-15-22(21-5-3-4-6-23(21)31-16)24(18-7-9-20(10-8-18)27(30)36)25(26-28(37)33-29(38)32-26)19-11-13-34(14-12-19)17(2)35/h3-10,15,19,24-26H,11-14H2,1-2H3,(H2,30,36)(H2,32,33,37,38). The molecule has 0 bridgehead atoms. The number of para-hydroxylation sites is 1. The molecule has 2 saturated heterocycles. The fourth-order valence-corrected chi connectivity index (χ4v) is 6.10. The SMILES string of the molecule is CC(=O)N1CCC(C(C2NC(=O)NC2=O)C(c2ccc(C(N)=O)cc2)c2cc(C)nc3ccccc23)CC1. The highest BCUT2D eigenvalue weighted by atomic mass is 16.2. The first-order valence-corrected chi connectivity index (χ1v) is 12.9. The number of hydrogen-bond acceptors (Lipinski definition) is 5. The van der Waals surface area contributed by atoms with Crippen molar-refractivity contribution >= 4 is 34.7 Å². The molecule has 9 nitrogen and oxygen atoms in total. The van der Waals surface area contributed by atoms with Crippen molar-refractivity contribution < 1.29 is 19.2 Å². The summed E-state index contributed by atoms with van der Waals surface area (Å²) in [5.74, 6) is -1.45. The molecule has 196 valence electrons. The molecule has 9 heteroatoms. The maximum Gasteiger partial charge on any atom is 0.322 e. The van der Waals surface area contributed by atoms with Gasteiger partial charge in [0, 0.05) is 48.5 Å². The quantitative estimate of drug-likeness (QED) is 0.436. The lowest BCUT2D eigenvalue weighted by Gasteiger charge is -2.41. The molecule has 38 heavy (non-hydrogen) atoms. The van der Waals surface area contributed by atoms with Crippen LogP contribution >= 0.6 is 0 Å². The summed E-state index contributed by atoms with van der Waals surface area (Å²) in [5, 5.41) is 6.25. The highest BCUT2D eigenvalue weighted by Crippen LogP contribution is 2.44. The molecule has 3 unspecified atom stereocenters. The molecule has 0 spiro atoms. The number of nitrogens with zero attached hydrogens (tertiary/aromatic N) is 2. The zero-order valence-electron chi connectivity index (χ0n) is 21.4. The summed E-state index contributed by atoms with van der Waals surface area (Å²) in [7, 11) is 0. The third kappa shape index (κ3) is 4.83. The maximum atomic E-state index is 13.1. The number of primary amides is 1. The summed E-state index contributed by atoms with van der Waals surface area (Å²) in [4.78, 5) is 55.9.